The van der Waals surface area contributed by atoms with Gasteiger partial charge in [0, 0.05) is 24.7 Å². The van der Waals surface area contributed by atoms with E-state index in [-0.39, 0.29) is 29.9 Å². The minimum absolute atomic E-state index is 0.00964. The van der Waals surface area contributed by atoms with E-state index in [0.717, 1.165) is 16.3 Å². The third-order valence-corrected chi connectivity index (χ3v) is 5.40. The first-order chi connectivity index (χ1) is 17.9. The third-order valence-electron chi connectivity index (χ3n) is 5.40. The second kappa shape index (κ2) is 12.1. The number of nitrogens with one attached hydrogen (secondary N) is 3. The zero-order chi connectivity index (χ0) is 27.9. The molecule has 0 saturated carbocycles. The predicted octanol–water partition coefficient (Wildman–Crippen LogP) is 4.83. The highest BCUT2D eigenvalue weighted by Crippen LogP contribution is 2.22. The maximum absolute atomic E-state index is 12.8. The summed E-state index contributed by atoms with van der Waals surface area (Å²) >= 11 is 0. The van der Waals surface area contributed by atoms with Crippen LogP contribution in [0.15, 0.2) is 66.7 Å². The quantitative estimate of drug-likeness (QED) is 0.250. The summed E-state index contributed by atoms with van der Waals surface area (Å²) < 4.78 is 5.13. The number of benzene rings is 3. The van der Waals surface area contributed by atoms with E-state index in [9.17, 15) is 24.3 Å². The van der Waals surface area contributed by atoms with Gasteiger partial charge in [-0.3, -0.25) is 9.59 Å². The van der Waals surface area contributed by atoms with Crippen molar-refractivity contribution in [3.8, 4) is 0 Å². The van der Waals surface area contributed by atoms with Crippen molar-refractivity contribution in [1.29, 1.82) is 0 Å². The van der Waals surface area contributed by atoms with Crippen LogP contribution in [0.4, 0.5) is 10.5 Å². The van der Waals surface area contributed by atoms with E-state index in [1.165, 1.54) is 24.3 Å². The first-order valence-corrected chi connectivity index (χ1v) is 12.0. The lowest BCUT2D eigenvalue weighted by Crippen LogP contribution is -2.37. The molecule has 38 heavy (non-hydrogen) atoms. The Morgan fingerprint density at radius 3 is 2.21 bits per heavy atom. The molecule has 3 aromatic carbocycles. The summed E-state index contributed by atoms with van der Waals surface area (Å²) in [7, 11) is 0. The standard InChI is InChI=1S/C29H31N3O6/c1-18(20-10-9-19-7-5-6-8-21(19)16-20)15-25(33)32-24-17-22(11-12-23(24)27(35)36)26(34)30-13-14-31-28(37)38-29(2,3)4/h5-12,15-17H,13-14H2,1-4H3,(H,30,34)(H,31,37)(H,32,33)(H,35,36). The Kier molecular flexibility index (Phi) is 8.85. The molecule has 3 rings (SSSR count). The van der Waals surface area contributed by atoms with Crippen LogP contribution in [0.25, 0.3) is 16.3 Å². The van der Waals surface area contributed by atoms with Crippen LogP contribution in [0.2, 0.25) is 0 Å². The molecular weight excluding hydrogens is 486 g/mol. The molecule has 0 aliphatic heterocycles. The maximum atomic E-state index is 12.8. The average Bonchev–Trinajstić information content (AvgIpc) is 2.84. The molecular formula is C29H31N3O6. The van der Waals surface area contributed by atoms with Crippen LogP contribution >= 0.6 is 0 Å². The van der Waals surface area contributed by atoms with Crippen LogP contribution in [0, 0.1) is 0 Å². The van der Waals surface area contributed by atoms with Crippen molar-refractivity contribution in [2.24, 2.45) is 0 Å². The number of carboxylic acids is 1. The molecule has 0 unspecified atom stereocenters. The van der Waals surface area contributed by atoms with Crippen molar-refractivity contribution in [2.45, 2.75) is 33.3 Å². The fourth-order valence-electron chi connectivity index (χ4n) is 3.62. The van der Waals surface area contributed by atoms with Gasteiger partial charge in [0.15, 0.2) is 0 Å². The van der Waals surface area contributed by atoms with Gasteiger partial charge in [-0.05, 0) is 73.9 Å². The molecule has 0 aliphatic rings. The van der Waals surface area contributed by atoms with E-state index in [0.29, 0.717) is 5.57 Å². The zero-order valence-electron chi connectivity index (χ0n) is 21.8. The smallest absolute Gasteiger partial charge is 0.407 e. The fraction of sp³-hybridized carbons (Fsp3) is 0.241. The number of carbonyl (C=O) groups excluding carboxylic acids is 3. The molecule has 3 aromatic rings. The number of anilines is 1. The van der Waals surface area contributed by atoms with Crippen molar-refractivity contribution < 1.29 is 29.0 Å². The van der Waals surface area contributed by atoms with Crippen molar-refractivity contribution in [2.75, 3.05) is 18.4 Å². The number of hydrogen-bond donors (Lipinski definition) is 4. The molecule has 9 nitrogen and oxygen atoms in total. The van der Waals surface area contributed by atoms with Gasteiger partial charge in [0.05, 0.1) is 11.3 Å². The van der Waals surface area contributed by atoms with E-state index < -0.39 is 29.5 Å². The van der Waals surface area contributed by atoms with Crippen molar-refractivity contribution in [3.05, 3.63) is 83.4 Å². The molecule has 0 heterocycles. The van der Waals surface area contributed by atoms with Crippen LogP contribution in [0.3, 0.4) is 0 Å². The van der Waals surface area contributed by atoms with E-state index in [2.05, 4.69) is 16.0 Å². The summed E-state index contributed by atoms with van der Waals surface area (Å²) in [5, 5.41) is 19.4. The number of hydrogen-bond acceptors (Lipinski definition) is 5. The molecule has 0 spiro atoms. The van der Waals surface area contributed by atoms with Crippen LogP contribution < -0.4 is 16.0 Å². The third kappa shape index (κ3) is 7.92. The number of alkyl carbamates (subject to hydrolysis) is 1. The van der Waals surface area contributed by atoms with Crippen molar-refractivity contribution >= 4 is 45.9 Å². The van der Waals surface area contributed by atoms with Gasteiger partial charge in [0.2, 0.25) is 5.91 Å². The highest BCUT2D eigenvalue weighted by Gasteiger charge is 2.17. The second-order valence-electron chi connectivity index (χ2n) is 9.63. The van der Waals surface area contributed by atoms with Gasteiger partial charge in [0.1, 0.15) is 5.60 Å². The average molecular weight is 518 g/mol. The largest absolute Gasteiger partial charge is 0.478 e. The van der Waals surface area contributed by atoms with Crippen LogP contribution in [0.1, 0.15) is 54.0 Å². The Labute approximate surface area is 220 Å². The molecule has 198 valence electrons. The summed E-state index contributed by atoms with van der Waals surface area (Å²) in [4.78, 5) is 48.7. The summed E-state index contributed by atoms with van der Waals surface area (Å²) in [5.74, 6) is -2.27. The highest BCUT2D eigenvalue weighted by atomic mass is 16.6. The minimum Gasteiger partial charge on any atom is -0.478 e. The molecule has 9 heteroatoms. The molecule has 0 bridgehead atoms. The molecule has 0 aromatic heterocycles. The minimum atomic E-state index is -1.25. The van der Waals surface area contributed by atoms with Crippen molar-refractivity contribution in [1.82, 2.24) is 10.6 Å². The summed E-state index contributed by atoms with van der Waals surface area (Å²) in [6.07, 6.45) is 0.778. The first-order valence-electron chi connectivity index (χ1n) is 12.0. The molecule has 0 saturated heterocycles. The number of carboxylic acid groups (broad SMARTS) is 1. The van der Waals surface area contributed by atoms with Gasteiger partial charge in [-0.1, -0.05) is 36.4 Å². The summed E-state index contributed by atoms with van der Waals surface area (Å²) in [5.41, 5.74) is 0.895. The van der Waals surface area contributed by atoms with Crippen LogP contribution in [-0.4, -0.2) is 47.7 Å². The SMILES string of the molecule is CC(=CC(=O)Nc1cc(C(=O)NCCNC(=O)OC(C)(C)C)ccc1C(=O)O)c1ccc2ccccc2c1. The van der Waals surface area contributed by atoms with Gasteiger partial charge in [-0.25, -0.2) is 9.59 Å². The van der Waals surface area contributed by atoms with Gasteiger partial charge < -0.3 is 25.8 Å². The number of rotatable bonds is 8. The number of fused-ring (bicyclic) bond motifs is 1. The van der Waals surface area contributed by atoms with Gasteiger partial charge in [-0.15, -0.1) is 0 Å². The molecule has 0 aliphatic carbocycles. The van der Waals surface area contributed by atoms with E-state index >= 15 is 0 Å². The number of allylic oxidation sites excluding steroid dienone is 1. The highest BCUT2D eigenvalue weighted by molar-refractivity contribution is 6.08. The topological polar surface area (TPSA) is 134 Å². The number of carbonyl (C=O) groups is 4. The Bertz CT molecular complexity index is 1400. The molecule has 0 fully saturated rings. The number of ether oxygens (including phenoxy) is 1. The Balaban J connectivity index is 1.67. The lowest BCUT2D eigenvalue weighted by atomic mass is 10.0. The normalized spacial score (nSPS) is 11.5. The zero-order valence-corrected chi connectivity index (χ0v) is 21.8. The molecule has 0 radical (unpaired) electrons. The Morgan fingerprint density at radius 1 is 0.868 bits per heavy atom. The van der Waals surface area contributed by atoms with Crippen LogP contribution in [-0.2, 0) is 9.53 Å². The van der Waals surface area contributed by atoms with Crippen molar-refractivity contribution in [3.63, 3.8) is 0 Å². The lowest BCUT2D eigenvalue weighted by Gasteiger charge is -2.19. The number of amides is 3. The second-order valence-corrected chi connectivity index (χ2v) is 9.63. The number of aromatic carboxylic acids is 1. The Morgan fingerprint density at radius 2 is 1.53 bits per heavy atom. The summed E-state index contributed by atoms with van der Waals surface area (Å²) in [6.45, 7) is 7.27. The fourth-order valence-corrected chi connectivity index (χ4v) is 3.62. The van der Waals surface area contributed by atoms with Gasteiger partial charge in [0.25, 0.3) is 5.91 Å². The molecule has 0 atom stereocenters. The first kappa shape index (κ1) is 27.9. The van der Waals surface area contributed by atoms with Crippen LogP contribution in [0.5, 0.6) is 0 Å². The Hall–Kier alpha value is -4.66. The molecule has 4 N–H and O–H groups in total. The lowest BCUT2D eigenvalue weighted by molar-refractivity contribution is -0.111. The van der Waals surface area contributed by atoms with E-state index in [1.807, 2.05) is 42.5 Å². The monoisotopic (exact) mass is 517 g/mol. The van der Waals surface area contributed by atoms with E-state index in [1.54, 1.807) is 27.7 Å². The maximum Gasteiger partial charge on any atom is 0.407 e. The van der Waals surface area contributed by atoms with Gasteiger partial charge >= 0.3 is 12.1 Å². The summed E-state index contributed by atoms with van der Waals surface area (Å²) in [6, 6.07) is 17.6. The van der Waals surface area contributed by atoms with E-state index in [4.69, 9.17) is 4.74 Å². The van der Waals surface area contributed by atoms with Gasteiger partial charge in [-0.2, -0.15) is 0 Å². The predicted molar refractivity (Wildman–Crippen MR) is 146 cm³/mol. The molecule has 3 amide bonds.